The fourth-order valence-corrected chi connectivity index (χ4v) is 4.28. The van der Waals surface area contributed by atoms with Gasteiger partial charge in [-0.05, 0) is 50.7 Å². The summed E-state index contributed by atoms with van der Waals surface area (Å²) in [5.74, 6) is 2.01. The van der Waals surface area contributed by atoms with E-state index >= 15 is 0 Å². The Hall–Kier alpha value is -3.79. The van der Waals surface area contributed by atoms with Gasteiger partial charge in [-0.15, -0.1) is 10.2 Å². The highest BCUT2D eigenvalue weighted by Crippen LogP contribution is 2.32. The van der Waals surface area contributed by atoms with Gasteiger partial charge in [-0.25, -0.2) is 14.4 Å². The lowest BCUT2D eigenvalue weighted by Gasteiger charge is -2.28. The Bertz CT molecular complexity index is 1190. The average Bonchev–Trinajstić information content (AvgIpc) is 3.07. The van der Waals surface area contributed by atoms with Crippen molar-refractivity contribution in [2.75, 3.05) is 62.0 Å². The molecule has 3 aromatic rings. The number of hydrogen-bond donors (Lipinski definition) is 2. The van der Waals surface area contributed by atoms with Crippen LogP contribution in [0.4, 0.5) is 21.7 Å². The number of phenolic OH excluding ortho intramolecular Hbond substituents is 1. The maximum atomic E-state index is 12.5. The number of benzene rings is 1. The van der Waals surface area contributed by atoms with Crippen LogP contribution in [-0.4, -0.2) is 82.7 Å². The molecule has 9 nitrogen and oxygen atoms in total. The minimum Gasteiger partial charge on any atom is -0.507 e. The zero-order valence-corrected chi connectivity index (χ0v) is 20.8. The molecule has 1 atom stereocenters. The van der Waals surface area contributed by atoms with E-state index in [1.54, 1.807) is 18.3 Å². The summed E-state index contributed by atoms with van der Waals surface area (Å²) in [6.07, 6.45) is 6.49. The molecule has 10 heteroatoms. The van der Waals surface area contributed by atoms with Crippen LogP contribution in [0.1, 0.15) is 19.2 Å². The lowest BCUT2D eigenvalue weighted by molar-refractivity contribution is 0.320. The van der Waals surface area contributed by atoms with Crippen molar-refractivity contribution < 1.29 is 9.50 Å². The molecule has 2 aromatic heterocycles. The first-order chi connectivity index (χ1) is 17.5. The highest BCUT2D eigenvalue weighted by molar-refractivity contribution is 5.74. The molecule has 1 fully saturated rings. The first-order valence-electron chi connectivity index (χ1n) is 12.1. The topological polar surface area (TPSA) is 108 Å². The highest BCUT2D eigenvalue weighted by Gasteiger charge is 2.24. The number of halogens is 1. The van der Waals surface area contributed by atoms with Crippen molar-refractivity contribution >= 4 is 23.4 Å². The molecular weight excluding hydrogens is 459 g/mol. The number of rotatable bonds is 8. The van der Waals surface area contributed by atoms with Gasteiger partial charge in [-0.2, -0.15) is 0 Å². The third kappa shape index (κ3) is 6.06. The number of nitrogens with zero attached hydrogens (tertiary/aromatic N) is 7. The maximum Gasteiger partial charge on any atom is 0.169 e. The lowest BCUT2D eigenvalue weighted by Crippen LogP contribution is -2.35. The summed E-state index contributed by atoms with van der Waals surface area (Å²) in [6.45, 7) is 5.13. The molecule has 0 spiro atoms. The SMILES string of the molecule is C[C@@H]1CCN(c2cc(-c3ccccc3O)nnc2N)CCN1c1ccnc(C=CCN(C)CCF)n1. The Morgan fingerprint density at radius 2 is 2.03 bits per heavy atom. The van der Waals surface area contributed by atoms with Gasteiger partial charge >= 0.3 is 0 Å². The van der Waals surface area contributed by atoms with Gasteiger partial charge in [0, 0.05) is 50.5 Å². The summed E-state index contributed by atoms with van der Waals surface area (Å²) in [5, 5.41) is 18.6. The standard InChI is InChI=1S/C26H33FN8O/c1-19-10-14-34(22-18-21(31-32-26(22)28)20-6-3-4-7-23(20)36)16-17-35(19)25-9-12-29-24(30-25)8-5-13-33(2)15-11-27/h3-9,12,18-19,36H,10-11,13-17H2,1-2H3,(H2,28,32)/t19-/m1/s1. The van der Waals surface area contributed by atoms with Crippen molar-refractivity contribution in [2.24, 2.45) is 0 Å². The van der Waals surface area contributed by atoms with E-state index in [1.165, 1.54) is 0 Å². The molecule has 1 saturated heterocycles. The van der Waals surface area contributed by atoms with Crippen molar-refractivity contribution in [3.05, 3.63) is 54.5 Å². The predicted octanol–water partition coefficient (Wildman–Crippen LogP) is 3.24. The molecule has 4 rings (SSSR count). The van der Waals surface area contributed by atoms with Crippen LogP contribution < -0.4 is 15.5 Å². The average molecular weight is 493 g/mol. The van der Waals surface area contributed by atoms with Crippen LogP contribution in [0.3, 0.4) is 0 Å². The van der Waals surface area contributed by atoms with E-state index < -0.39 is 0 Å². The molecule has 3 N–H and O–H groups in total. The summed E-state index contributed by atoms with van der Waals surface area (Å²) < 4.78 is 12.5. The molecule has 0 bridgehead atoms. The van der Waals surface area contributed by atoms with Crippen LogP contribution in [0, 0.1) is 0 Å². The molecule has 0 unspecified atom stereocenters. The number of para-hydroxylation sites is 1. The highest BCUT2D eigenvalue weighted by atomic mass is 19.1. The molecule has 0 amide bonds. The molecule has 0 aliphatic carbocycles. The molecule has 0 radical (unpaired) electrons. The maximum absolute atomic E-state index is 12.5. The summed E-state index contributed by atoms with van der Waals surface area (Å²) >= 11 is 0. The van der Waals surface area contributed by atoms with E-state index in [4.69, 9.17) is 10.7 Å². The number of nitrogens with two attached hydrogens (primary N) is 1. The number of anilines is 3. The van der Waals surface area contributed by atoms with Crippen molar-refractivity contribution in [1.29, 1.82) is 0 Å². The zero-order valence-electron chi connectivity index (χ0n) is 20.8. The summed E-state index contributed by atoms with van der Waals surface area (Å²) in [7, 11) is 1.88. The van der Waals surface area contributed by atoms with Gasteiger partial charge < -0.3 is 25.5 Å². The number of phenols is 1. The largest absolute Gasteiger partial charge is 0.507 e. The van der Waals surface area contributed by atoms with E-state index in [9.17, 15) is 9.50 Å². The minimum atomic E-state index is -0.364. The molecular formula is C26H33FN8O. The molecule has 0 saturated carbocycles. The Morgan fingerprint density at radius 3 is 2.83 bits per heavy atom. The first-order valence-corrected chi connectivity index (χ1v) is 12.1. The monoisotopic (exact) mass is 492 g/mol. The van der Waals surface area contributed by atoms with Gasteiger partial charge in [0.05, 0.1) is 11.4 Å². The predicted molar refractivity (Wildman–Crippen MR) is 142 cm³/mol. The molecule has 1 aliphatic rings. The molecule has 190 valence electrons. The number of nitrogen functional groups attached to an aromatic ring is 1. The van der Waals surface area contributed by atoms with Crippen LogP contribution in [-0.2, 0) is 0 Å². The number of hydrogen-bond acceptors (Lipinski definition) is 9. The van der Waals surface area contributed by atoms with E-state index in [2.05, 4.69) is 31.9 Å². The number of aromatic hydroxyl groups is 1. The van der Waals surface area contributed by atoms with Crippen LogP contribution in [0.15, 0.2) is 48.7 Å². The summed E-state index contributed by atoms with van der Waals surface area (Å²) in [4.78, 5) is 15.5. The van der Waals surface area contributed by atoms with Gasteiger partial charge in [0.25, 0.3) is 0 Å². The molecule has 1 aromatic carbocycles. The van der Waals surface area contributed by atoms with Crippen molar-refractivity contribution in [2.45, 2.75) is 19.4 Å². The van der Waals surface area contributed by atoms with Gasteiger partial charge in [-0.1, -0.05) is 18.2 Å². The smallest absolute Gasteiger partial charge is 0.169 e. The lowest BCUT2D eigenvalue weighted by atomic mass is 10.1. The first kappa shape index (κ1) is 25.3. The number of likely N-dealkylation sites (N-methyl/N-ethyl adjacent to an activating group) is 1. The van der Waals surface area contributed by atoms with E-state index in [0.29, 0.717) is 36.0 Å². The van der Waals surface area contributed by atoms with Crippen LogP contribution >= 0.6 is 0 Å². The molecule has 1 aliphatic heterocycles. The Balaban J connectivity index is 1.49. The van der Waals surface area contributed by atoms with Gasteiger partial charge in [0.1, 0.15) is 18.2 Å². The normalized spacial score (nSPS) is 16.6. The van der Waals surface area contributed by atoms with Crippen molar-refractivity contribution in [1.82, 2.24) is 25.1 Å². The Labute approximate surface area is 211 Å². The Morgan fingerprint density at radius 1 is 1.19 bits per heavy atom. The van der Waals surface area contributed by atoms with Crippen molar-refractivity contribution in [3.8, 4) is 17.0 Å². The fraction of sp³-hybridized carbons (Fsp3) is 0.385. The van der Waals surface area contributed by atoms with Gasteiger partial charge in [0.2, 0.25) is 0 Å². The third-order valence-electron chi connectivity index (χ3n) is 6.39. The van der Waals surface area contributed by atoms with Crippen molar-refractivity contribution in [3.63, 3.8) is 0 Å². The van der Waals surface area contributed by atoms with Crippen LogP contribution in [0.5, 0.6) is 5.75 Å². The van der Waals surface area contributed by atoms with Crippen LogP contribution in [0.25, 0.3) is 17.3 Å². The molecule has 36 heavy (non-hydrogen) atoms. The number of aromatic nitrogens is 4. The van der Waals surface area contributed by atoms with Gasteiger partial charge in [0.15, 0.2) is 11.6 Å². The quantitative estimate of drug-likeness (QED) is 0.490. The second kappa shape index (κ2) is 11.8. The zero-order chi connectivity index (χ0) is 25.5. The second-order valence-electron chi connectivity index (χ2n) is 8.96. The second-order valence-corrected chi connectivity index (χ2v) is 8.96. The van der Waals surface area contributed by atoms with Gasteiger partial charge in [-0.3, -0.25) is 0 Å². The Kier molecular flexibility index (Phi) is 8.27. The fourth-order valence-electron chi connectivity index (χ4n) is 4.28. The van der Waals surface area contributed by atoms with E-state index in [1.807, 2.05) is 48.4 Å². The molecule has 3 heterocycles. The van der Waals surface area contributed by atoms with Crippen LogP contribution in [0.2, 0.25) is 0 Å². The minimum absolute atomic E-state index is 0.154. The van der Waals surface area contributed by atoms with E-state index in [-0.39, 0.29) is 18.5 Å². The van der Waals surface area contributed by atoms with E-state index in [0.717, 1.165) is 37.6 Å². The summed E-state index contributed by atoms with van der Waals surface area (Å²) in [6, 6.07) is 11.1. The summed E-state index contributed by atoms with van der Waals surface area (Å²) in [5.41, 5.74) is 8.24. The number of alkyl halides is 1. The third-order valence-corrected chi connectivity index (χ3v) is 6.39.